The van der Waals surface area contributed by atoms with E-state index in [1.807, 2.05) is 11.6 Å². The Bertz CT molecular complexity index is 671. The van der Waals surface area contributed by atoms with Gasteiger partial charge in [-0.1, -0.05) is 13.0 Å². The van der Waals surface area contributed by atoms with Crippen LogP contribution in [0.25, 0.3) is 5.57 Å². The van der Waals surface area contributed by atoms with Crippen LogP contribution in [0.4, 0.5) is 4.39 Å². The Morgan fingerprint density at radius 1 is 1.57 bits per heavy atom. The SMILES string of the molecule is CC1=C(F)CC(C)C(c2nn3c(c2C(N)=O)CNCC3)=C1. The molecule has 0 spiro atoms. The molecule has 0 fully saturated rings. The highest BCUT2D eigenvalue weighted by Gasteiger charge is 2.29. The minimum atomic E-state index is -0.476. The first-order valence-electron chi connectivity index (χ1n) is 7.16. The topological polar surface area (TPSA) is 72.9 Å². The predicted molar refractivity (Wildman–Crippen MR) is 78.0 cm³/mol. The van der Waals surface area contributed by atoms with Crippen molar-refractivity contribution in [1.82, 2.24) is 15.1 Å². The summed E-state index contributed by atoms with van der Waals surface area (Å²) in [6.45, 7) is 5.78. The molecule has 0 saturated heterocycles. The summed E-state index contributed by atoms with van der Waals surface area (Å²) in [4.78, 5) is 11.9. The summed E-state index contributed by atoms with van der Waals surface area (Å²) < 4.78 is 15.5. The fraction of sp³-hybridized carbons (Fsp3) is 0.467. The van der Waals surface area contributed by atoms with Crippen molar-refractivity contribution < 1.29 is 9.18 Å². The van der Waals surface area contributed by atoms with Crippen molar-refractivity contribution in [2.24, 2.45) is 11.7 Å². The maximum absolute atomic E-state index is 13.7. The highest BCUT2D eigenvalue weighted by molar-refractivity contribution is 5.99. The Kier molecular flexibility index (Phi) is 3.41. The summed E-state index contributed by atoms with van der Waals surface area (Å²) in [5, 5.41) is 7.79. The highest BCUT2D eigenvalue weighted by atomic mass is 19.1. The van der Waals surface area contributed by atoms with E-state index in [0.717, 1.165) is 17.8 Å². The van der Waals surface area contributed by atoms with Crippen LogP contribution < -0.4 is 11.1 Å². The summed E-state index contributed by atoms with van der Waals surface area (Å²) in [5.41, 5.74) is 8.96. The number of hydrogen-bond acceptors (Lipinski definition) is 3. The molecular formula is C15H19FN4O. The third kappa shape index (κ3) is 2.29. The summed E-state index contributed by atoms with van der Waals surface area (Å²) in [7, 11) is 0. The molecule has 1 aromatic rings. The molecule has 1 aromatic heterocycles. The van der Waals surface area contributed by atoms with E-state index < -0.39 is 5.91 Å². The first kappa shape index (κ1) is 14.0. The number of carbonyl (C=O) groups is 1. The van der Waals surface area contributed by atoms with Crippen LogP contribution in [0.1, 0.15) is 42.0 Å². The lowest BCUT2D eigenvalue weighted by atomic mass is 9.86. The summed E-state index contributed by atoms with van der Waals surface area (Å²) >= 11 is 0. The zero-order chi connectivity index (χ0) is 15.1. The van der Waals surface area contributed by atoms with Crippen LogP contribution in [0.2, 0.25) is 0 Å². The van der Waals surface area contributed by atoms with Crippen molar-refractivity contribution in [3.63, 3.8) is 0 Å². The summed E-state index contributed by atoms with van der Waals surface area (Å²) in [6.07, 6.45) is 2.13. The van der Waals surface area contributed by atoms with Gasteiger partial charge in [0.05, 0.1) is 17.8 Å². The third-order valence-electron chi connectivity index (χ3n) is 4.19. The molecule has 0 radical (unpaired) electrons. The molecule has 1 aliphatic heterocycles. The van der Waals surface area contributed by atoms with E-state index in [2.05, 4.69) is 10.4 Å². The minimum Gasteiger partial charge on any atom is -0.365 e. The fourth-order valence-corrected chi connectivity index (χ4v) is 3.01. The molecule has 0 saturated carbocycles. The molecule has 0 aromatic carbocycles. The average molecular weight is 290 g/mol. The van der Waals surface area contributed by atoms with E-state index in [9.17, 15) is 9.18 Å². The van der Waals surface area contributed by atoms with E-state index in [-0.39, 0.29) is 11.7 Å². The number of allylic oxidation sites excluding steroid dienone is 4. The van der Waals surface area contributed by atoms with Crippen molar-refractivity contribution in [1.29, 1.82) is 0 Å². The number of rotatable bonds is 2. The molecule has 21 heavy (non-hydrogen) atoms. The molecule has 3 rings (SSSR count). The van der Waals surface area contributed by atoms with Crippen LogP contribution in [-0.4, -0.2) is 22.2 Å². The van der Waals surface area contributed by atoms with Crippen molar-refractivity contribution in [3.05, 3.63) is 34.4 Å². The molecule has 2 aliphatic rings. The zero-order valence-electron chi connectivity index (χ0n) is 12.2. The van der Waals surface area contributed by atoms with Crippen LogP contribution in [-0.2, 0) is 13.1 Å². The van der Waals surface area contributed by atoms with Gasteiger partial charge in [-0.15, -0.1) is 0 Å². The smallest absolute Gasteiger partial charge is 0.252 e. The fourth-order valence-electron chi connectivity index (χ4n) is 3.01. The standard InChI is InChI=1S/C15H19FN4O/c1-8-6-11(16)9(2)5-10(8)14-13(15(17)21)12-7-18-3-4-20(12)19-14/h5,8,18H,3-4,6-7H2,1-2H3,(H2,17,21). The zero-order valence-corrected chi connectivity index (χ0v) is 12.2. The number of halogens is 1. The van der Waals surface area contributed by atoms with Gasteiger partial charge in [0.1, 0.15) is 11.5 Å². The average Bonchev–Trinajstić information content (AvgIpc) is 2.82. The molecular weight excluding hydrogens is 271 g/mol. The molecule has 1 amide bonds. The maximum atomic E-state index is 13.7. The second-order valence-corrected chi connectivity index (χ2v) is 5.73. The first-order valence-corrected chi connectivity index (χ1v) is 7.16. The molecule has 5 nitrogen and oxygen atoms in total. The molecule has 112 valence electrons. The van der Waals surface area contributed by atoms with E-state index >= 15 is 0 Å². The first-order chi connectivity index (χ1) is 9.99. The lowest BCUT2D eigenvalue weighted by Crippen LogP contribution is -2.30. The van der Waals surface area contributed by atoms with Crippen LogP contribution >= 0.6 is 0 Å². The number of primary amides is 1. The number of nitrogens with zero attached hydrogens (tertiary/aromatic N) is 2. The Morgan fingerprint density at radius 3 is 3.05 bits per heavy atom. The quantitative estimate of drug-likeness (QED) is 0.871. The number of hydrogen-bond donors (Lipinski definition) is 2. The van der Waals surface area contributed by atoms with Gasteiger partial charge < -0.3 is 11.1 Å². The molecule has 3 N–H and O–H groups in total. The molecule has 2 heterocycles. The number of aromatic nitrogens is 2. The van der Waals surface area contributed by atoms with Gasteiger partial charge in [-0.2, -0.15) is 5.10 Å². The highest BCUT2D eigenvalue weighted by Crippen LogP contribution is 2.37. The van der Waals surface area contributed by atoms with E-state index in [4.69, 9.17) is 5.73 Å². The maximum Gasteiger partial charge on any atom is 0.252 e. The number of fused-ring (bicyclic) bond motifs is 1. The van der Waals surface area contributed by atoms with Gasteiger partial charge in [0, 0.05) is 19.5 Å². The Labute approximate surface area is 122 Å². The van der Waals surface area contributed by atoms with Gasteiger partial charge in [-0.05, 0) is 24.0 Å². The Morgan fingerprint density at radius 2 is 2.33 bits per heavy atom. The minimum absolute atomic E-state index is 0.0169. The normalized spacial score (nSPS) is 22.0. The van der Waals surface area contributed by atoms with Gasteiger partial charge in [-0.3, -0.25) is 9.48 Å². The lowest BCUT2D eigenvalue weighted by Gasteiger charge is -2.20. The van der Waals surface area contributed by atoms with Gasteiger partial charge in [0.15, 0.2) is 0 Å². The third-order valence-corrected chi connectivity index (χ3v) is 4.19. The van der Waals surface area contributed by atoms with Crippen LogP contribution in [0.5, 0.6) is 0 Å². The summed E-state index contributed by atoms with van der Waals surface area (Å²) in [6, 6.07) is 0. The monoisotopic (exact) mass is 290 g/mol. The van der Waals surface area contributed by atoms with E-state index in [1.165, 1.54) is 0 Å². The van der Waals surface area contributed by atoms with Crippen molar-refractivity contribution in [3.8, 4) is 0 Å². The molecule has 6 heteroatoms. The summed E-state index contributed by atoms with van der Waals surface area (Å²) in [5.74, 6) is -0.593. The van der Waals surface area contributed by atoms with Gasteiger partial charge in [-0.25, -0.2) is 4.39 Å². The van der Waals surface area contributed by atoms with Crippen LogP contribution in [0, 0.1) is 5.92 Å². The number of nitrogens with two attached hydrogens (primary N) is 1. The van der Waals surface area contributed by atoms with Crippen molar-refractivity contribution in [2.75, 3.05) is 6.54 Å². The molecule has 1 unspecified atom stereocenters. The van der Waals surface area contributed by atoms with Crippen molar-refractivity contribution in [2.45, 2.75) is 33.4 Å². The van der Waals surface area contributed by atoms with Gasteiger partial charge in [0.25, 0.3) is 5.91 Å². The van der Waals surface area contributed by atoms with Crippen LogP contribution in [0.15, 0.2) is 17.5 Å². The molecule has 0 bridgehead atoms. The second kappa shape index (κ2) is 5.11. The van der Waals surface area contributed by atoms with E-state index in [0.29, 0.717) is 36.3 Å². The number of nitrogens with one attached hydrogen (secondary N) is 1. The molecule has 1 atom stereocenters. The number of amides is 1. The Hall–Kier alpha value is -1.95. The Balaban J connectivity index is 2.17. The largest absolute Gasteiger partial charge is 0.365 e. The van der Waals surface area contributed by atoms with Gasteiger partial charge in [0.2, 0.25) is 0 Å². The van der Waals surface area contributed by atoms with E-state index in [1.54, 1.807) is 13.0 Å². The predicted octanol–water partition coefficient (Wildman–Crippen LogP) is 1.75. The number of carbonyl (C=O) groups excluding carboxylic acids is 1. The van der Waals surface area contributed by atoms with Crippen molar-refractivity contribution >= 4 is 11.5 Å². The molecule has 1 aliphatic carbocycles. The van der Waals surface area contributed by atoms with Crippen LogP contribution in [0.3, 0.4) is 0 Å². The lowest BCUT2D eigenvalue weighted by molar-refractivity contribution is 0.0998. The second-order valence-electron chi connectivity index (χ2n) is 5.73. The van der Waals surface area contributed by atoms with Gasteiger partial charge >= 0.3 is 0 Å².